The highest BCUT2D eigenvalue weighted by atomic mass is 15.2. The van der Waals surface area contributed by atoms with E-state index in [1.54, 1.807) is 0 Å². The fourth-order valence-corrected chi connectivity index (χ4v) is 24.4. The van der Waals surface area contributed by atoms with Gasteiger partial charge in [-0.05, 0) is 211 Å². The number of fused-ring (bicyclic) bond motifs is 17. The van der Waals surface area contributed by atoms with Gasteiger partial charge in [0.25, 0.3) is 0 Å². The van der Waals surface area contributed by atoms with Gasteiger partial charge in [0.2, 0.25) is 5.95 Å². The van der Waals surface area contributed by atoms with Crippen molar-refractivity contribution in [2.24, 2.45) is 0 Å². The molecular formula is C137H86N10. The molecule has 8 aromatic heterocycles. The zero-order valence-electron chi connectivity index (χ0n) is 79.6. The van der Waals surface area contributed by atoms with Crippen LogP contribution in [0.2, 0.25) is 0 Å². The van der Waals surface area contributed by atoms with Gasteiger partial charge < -0.3 is 27.7 Å². The first-order valence-electron chi connectivity index (χ1n) is 50.3. The molecule has 0 bridgehead atoms. The summed E-state index contributed by atoms with van der Waals surface area (Å²) < 4.78 is 12.3. The van der Waals surface area contributed by atoms with Crippen LogP contribution < -0.4 is 9.80 Å². The van der Waals surface area contributed by atoms with E-state index in [0.717, 1.165) is 67.7 Å². The molecule has 31 aromatic rings. The number of nitrogens with zero attached hydrogens (tertiary/aromatic N) is 10. The number of aromatic nitrogens is 8. The summed E-state index contributed by atoms with van der Waals surface area (Å²) in [7, 11) is 0. The van der Waals surface area contributed by atoms with Crippen LogP contribution in [-0.2, 0) is 0 Å². The topological polar surface area (TPSA) is 68.8 Å². The lowest BCUT2D eigenvalue weighted by Gasteiger charge is -2.26. The van der Waals surface area contributed by atoms with Crippen LogP contribution in [0.5, 0.6) is 0 Å². The van der Waals surface area contributed by atoms with E-state index >= 15 is 0 Å². The number of benzene rings is 23. The largest absolute Gasteiger partial charge is 0.310 e. The lowest BCUT2D eigenvalue weighted by molar-refractivity contribution is 0.953. The highest BCUT2D eigenvalue weighted by Crippen LogP contribution is 2.56. The first-order valence-corrected chi connectivity index (χ1v) is 50.3. The standard InChI is InChI=1S/C48H31N3.C46H29N3.C43H26N4/c1-4-16-32(17-5-1)40-31-41-38-25-11-13-28-43(38)51-42-27-12-10-24-37(42)39-26-15-29-44-45(39)46(48(41)51)47(40)50(44)36-23-14-22-35(30-36)49(33-18-6-2-7-19-33)34-20-8-3-9-21-34;1-3-14-31(15-4-1)47(32-16-5-2-6-17-32)33-18-11-19-34(29-33)48-40-24-12-22-37-36-21-9-10-23-39(36)49-41-27-25-30-13-7-8-20-35(30)43(41)38-26-28-42(48)45(44(37)40)46(38)49;1-4-13-27(14-5-1)31-24-26-36-40-38(31)34-21-11-10-20-32(34)33-22-12-19-28-23-25-35(39(40)37(28)33)47(36)43-45-41(29-15-6-2-7-16-29)44-42(46-43)30-17-8-3-9-18-30/h1-31H;1-29H;1-26H. The van der Waals surface area contributed by atoms with E-state index in [1.807, 2.05) is 36.4 Å². The molecule has 23 aromatic carbocycles. The Hall–Kier alpha value is -19.8. The van der Waals surface area contributed by atoms with Crippen molar-refractivity contribution < 1.29 is 0 Å². The minimum absolute atomic E-state index is 0.599. The number of hydrogen-bond acceptors (Lipinski definition) is 5. The van der Waals surface area contributed by atoms with Gasteiger partial charge in [-0.3, -0.25) is 4.57 Å². The Morgan fingerprint density at radius 1 is 0.163 bits per heavy atom. The SMILES string of the molecule is c1ccc(-c2cc3c4ccccc4n4c5ccccc5c5cccc6c5c(c2n6-c2cccc(N(c5ccccc5)c5ccccc5)c2)c34)cc1.c1ccc(-c2nc(-c3ccccc3)nc(-n3c4ccc(-c5ccccc5)c5c4c4c6c(cccc6ccc43)-c3ccccc3-5)n2)cc1.c1ccc(N(c2ccccc2)c2cccc(-n3c4cccc5c6ccccc6n6c7ccc8ccccc8c7c7ccc3c(c54)c76)c2)cc1. The van der Waals surface area contributed by atoms with Crippen molar-refractivity contribution in [2.45, 2.75) is 0 Å². The van der Waals surface area contributed by atoms with Crippen LogP contribution in [-0.4, -0.2) is 37.5 Å². The molecule has 0 aliphatic heterocycles. The fourth-order valence-electron chi connectivity index (χ4n) is 24.4. The van der Waals surface area contributed by atoms with Crippen molar-refractivity contribution in [3.05, 3.63) is 522 Å². The van der Waals surface area contributed by atoms with Gasteiger partial charge in [-0.25, -0.2) is 4.98 Å². The summed E-state index contributed by atoms with van der Waals surface area (Å²) in [6, 6.07) is 188. The second-order valence-corrected chi connectivity index (χ2v) is 38.3. The highest BCUT2D eigenvalue weighted by molar-refractivity contribution is 6.38. The van der Waals surface area contributed by atoms with Gasteiger partial charge in [-0.1, -0.05) is 376 Å². The molecule has 0 atom stereocenters. The van der Waals surface area contributed by atoms with Gasteiger partial charge in [0, 0.05) is 132 Å². The van der Waals surface area contributed by atoms with Crippen LogP contribution in [0.15, 0.2) is 522 Å². The van der Waals surface area contributed by atoms with E-state index in [9.17, 15) is 0 Å². The zero-order chi connectivity index (χ0) is 96.4. The number of anilines is 6. The number of rotatable bonds is 13. The second-order valence-electron chi connectivity index (χ2n) is 38.3. The van der Waals surface area contributed by atoms with Gasteiger partial charge in [0.05, 0.1) is 66.2 Å². The Balaban J connectivity index is 0.000000102. The molecule has 0 saturated carbocycles. The van der Waals surface area contributed by atoms with Gasteiger partial charge >= 0.3 is 0 Å². The third-order valence-electron chi connectivity index (χ3n) is 30.4. The molecule has 1 aliphatic rings. The normalized spacial score (nSPS) is 11.9. The van der Waals surface area contributed by atoms with E-state index in [2.05, 4.69) is 518 Å². The number of hydrogen-bond donors (Lipinski definition) is 0. The first kappa shape index (κ1) is 83.0. The molecule has 147 heavy (non-hydrogen) atoms. The Labute approximate surface area is 844 Å². The summed E-state index contributed by atoms with van der Waals surface area (Å²) in [5.41, 5.74) is 35.0. The second kappa shape index (κ2) is 33.4. The molecule has 1 aliphatic carbocycles. The molecule has 0 N–H and O–H groups in total. The Morgan fingerprint density at radius 3 is 1.11 bits per heavy atom. The predicted molar refractivity (Wildman–Crippen MR) is 616 cm³/mol. The molecule has 10 nitrogen and oxygen atoms in total. The van der Waals surface area contributed by atoms with Crippen molar-refractivity contribution in [1.82, 2.24) is 37.5 Å². The summed E-state index contributed by atoms with van der Waals surface area (Å²) in [6.45, 7) is 0. The maximum atomic E-state index is 5.19. The van der Waals surface area contributed by atoms with E-state index in [1.165, 1.54) is 197 Å². The van der Waals surface area contributed by atoms with Crippen LogP contribution in [0.25, 0.3) is 248 Å². The quantitative estimate of drug-likeness (QED) is 0.115. The van der Waals surface area contributed by atoms with Crippen LogP contribution >= 0.6 is 0 Å². The summed E-state index contributed by atoms with van der Waals surface area (Å²) in [4.78, 5) is 20.0. The maximum absolute atomic E-state index is 5.19. The zero-order valence-corrected chi connectivity index (χ0v) is 79.6. The van der Waals surface area contributed by atoms with Crippen molar-refractivity contribution >= 4 is 197 Å². The number of para-hydroxylation sites is 7. The molecule has 8 heterocycles. The summed E-state index contributed by atoms with van der Waals surface area (Å²) in [5, 5.41) is 22.8. The minimum atomic E-state index is 0.599. The van der Waals surface area contributed by atoms with E-state index in [-0.39, 0.29) is 0 Å². The maximum Gasteiger partial charge on any atom is 0.238 e. The van der Waals surface area contributed by atoms with Gasteiger partial charge in [0.15, 0.2) is 11.6 Å². The van der Waals surface area contributed by atoms with E-state index in [0.29, 0.717) is 17.6 Å². The van der Waals surface area contributed by atoms with E-state index < -0.39 is 0 Å². The fraction of sp³-hybridized carbons (Fsp3) is 0. The summed E-state index contributed by atoms with van der Waals surface area (Å²) in [6.07, 6.45) is 0. The molecule has 0 radical (unpaired) electrons. The molecule has 684 valence electrons. The van der Waals surface area contributed by atoms with Gasteiger partial charge in [-0.15, -0.1) is 0 Å². The molecule has 32 rings (SSSR count). The summed E-state index contributed by atoms with van der Waals surface area (Å²) in [5.74, 6) is 1.89. The van der Waals surface area contributed by atoms with Crippen molar-refractivity contribution in [3.8, 4) is 84.6 Å². The van der Waals surface area contributed by atoms with Crippen LogP contribution in [0.3, 0.4) is 0 Å². The van der Waals surface area contributed by atoms with Crippen molar-refractivity contribution in [2.75, 3.05) is 9.80 Å². The Bertz CT molecular complexity index is 10600. The molecule has 0 spiro atoms. The van der Waals surface area contributed by atoms with E-state index in [4.69, 9.17) is 15.0 Å². The predicted octanol–water partition coefficient (Wildman–Crippen LogP) is 36.4. The molecule has 0 saturated heterocycles. The molecule has 0 amide bonds. The van der Waals surface area contributed by atoms with Crippen molar-refractivity contribution in [1.29, 1.82) is 0 Å². The third kappa shape index (κ3) is 12.8. The van der Waals surface area contributed by atoms with Crippen molar-refractivity contribution in [3.63, 3.8) is 0 Å². The lowest BCUT2D eigenvalue weighted by Crippen LogP contribution is -2.10. The molecular weight excluding hydrogens is 1790 g/mol. The summed E-state index contributed by atoms with van der Waals surface area (Å²) >= 11 is 0. The first-order chi connectivity index (χ1) is 73.0. The van der Waals surface area contributed by atoms with Crippen LogP contribution in [0.4, 0.5) is 34.1 Å². The monoisotopic (exact) mass is 1870 g/mol. The highest BCUT2D eigenvalue weighted by Gasteiger charge is 2.33. The third-order valence-corrected chi connectivity index (χ3v) is 30.4. The average Bonchev–Trinajstić information content (AvgIpc) is 1.50. The molecule has 0 unspecified atom stereocenters. The van der Waals surface area contributed by atoms with Gasteiger partial charge in [-0.2, -0.15) is 9.97 Å². The molecule has 10 heteroatoms. The van der Waals surface area contributed by atoms with Crippen LogP contribution in [0, 0.1) is 0 Å². The smallest absolute Gasteiger partial charge is 0.238 e. The Morgan fingerprint density at radius 2 is 0.537 bits per heavy atom. The van der Waals surface area contributed by atoms with Gasteiger partial charge in [0.1, 0.15) is 0 Å². The minimum Gasteiger partial charge on any atom is -0.310 e. The average molecular weight is 1870 g/mol. The lowest BCUT2D eigenvalue weighted by atomic mass is 9.88. The van der Waals surface area contributed by atoms with Crippen LogP contribution in [0.1, 0.15) is 0 Å². The Kier molecular flexibility index (Phi) is 18.9. The molecule has 0 fully saturated rings.